The summed E-state index contributed by atoms with van der Waals surface area (Å²) in [5.74, 6) is -0.179. The molecule has 5 heteroatoms. The van der Waals surface area contributed by atoms with Crippen LogP contribution in [0.1, 0.15) is 22.5 Å². The second-order valence-corrected chi connectivity index (χ2v) is 4.70. The van der Waals surface area contributed by atoms with Crippen molar-refractivity contribution in [3.05, 3.63) is 41.7 Å². The number of amides is 1. The predicted molar refractivity (Wildman–Crippen MR) is 74.4 cm³/mol. The predicted octanol–water partition coefficient (Wildman–Crippen LogP) is 2.03. The van der Waals surface area contributed by atoms with E-state index in [1.807, 2.05) is 12.1 Å². The maximum absolute atomic E-state index is 12.1. The number of nitrogens with one attached hydrogen (secondary N) is 2. The Morgan fingerprint density at radius 1 is 1.42 bits per heavy atom. The van der Waals surface area contributed by atoms with Gasteiger partial charge in [-0.2, -0.15) is 5.10 Å². The SMILES string of the molecule is Cn1ccc(C(=O)Nc2cccc3c2NCCC3)n1. The fraction of sp³-hybridized carbons (Fsp3) is 0.286. The molecule has 0 fully saturated rings. The molecule has 3 rings (SSSR count). The lowest BCUT2D eigenvalue weighted by molar-refractivity contribution is 0.102. The van der Waals surface area contributed by atoms with E-state index in [2.05, 4.69) is 21.8 Å². The molecular weight excluding hydrogens is 240 g/mol. The number of nitrogens with zero attached hydrogens (tertiary/aromatic N) is 2. The Hall–Kier alpha value is -2.30. The molecule has 0 bridgehead atoms. The summed E-state index contributed by atoms with van der Waals surface area (Å²) in [5, 5.41) is 10.4. The monoisotopic (exact) mass is 256 g/mol. The van der Waals surface area contributed by atoms with E-state index in [1.165, 1.54) is 5.56 Å². The van der Waals surface area contributed by atoms with Gasteiger partial charge in [-0.15, -0.1) is 0 Å². The molecule has 5 nitrogen and oxygen atoms in total. The van der Waals surface area contributed by atoms with Crippen molar-refractivity contribution in [2.24, 2.45) is 7.05 Å². The van der Waals surface area contributed by atoms with Crippen LogP contribution in [0.3, 0.4) is 0 Å². The number of hydrogen-bond donors (Lipinski definition) is 2. The Bertz CT molecular complexity index is 618. The van der Waals surface area contributed by atoms with Crippen molar-refractivity contribution in [3.63, 3.8) is 0 Å². The van der Waals surface area contributed by atoms with Crippen LogP contribution in [-0.4, -0.2) is 22.2 Å². The first-order valence-corrected chi connectivity index (χ1v) is 6.41. The molecule has 0 saturated carbocycles. The van der Waals surface area contributed by atoms with E-state index >= 15 is 0 Å². The van der Waals surface area contributed by atoms with Gasteiger partial charge < -0.3 is 10.6 Å². The number of para-hydroxylation sites is 1. The van der Waals surface area contributed by atoms with Crippen LogP contribution in [0.4, 0.5) is 11.4 Å². The number of anilines is 2. The minimum Gasteiger partial charge on any atom is -0.383 e. The number of aryl methyl sites for hydroxylation is 2. The number of rotatable bonds is 2. The van der Waals surface area contributed by atoms with Crippen LogP contribution in [0.15, 0.2) is 30.5 Å². The van der Waals surface area contributed by atoms with Crippen LogP contribution in [-0.2, 0) is 13.5 Å². The van der Waals surface area contributed by atoms with Gasteiger partial charge in [-0.3, -0.25) is 9.48 Å². The van der Waals surface area contributed by atoms with E-state index in [0.717, 1.165) is 30.8 Å². The van der Waals surface area contributed by atoms with Gasteiger partial charge in [0.2, 0.25) is 0 Å². The van der Waals surface area contributed by atoms with Crippen LogP contribution < -0.4 is 10.6 Å². The first kappa shape index (κ1) is 11.8. The minimum absolute atomic E-state index is 0.179. The number of carbonyl (C=O) groups is 1. The number of benzene rings is 1. The van der Waals surface area contributed by atoms with Crippen LogP contribution in [0, 0.1) is 0 Å². The molecule has 1 aliphatic heterocycles. The summed E-state index contributed by atoms with van der Waals surface area (Å²) in [5.41, 5.74) is 3.55. The molecule has 1 amide bonds. The van der Waals surface area contributed by atoms with Crippen molar-refractivity contribution in [2.45, 2.75) is 12.8 Å². The quantitative estimate of drug-likeness (QED) is 0.864. The lowest BCUT2D eigenvalue weighted by Gasteiger charge is -2.21. The molecule has 2 aromatic rings. The summed E-state index contributed by atoms with van der Waals surface area (Å²) in [4.78, 5) is 12.1. The third-order valence-corrected chi connectivity index (χ3v) is 3.27. The maximum Gasteiger partial charge on any atom is 0.276 e. The molecular formula is C14H16N4O. The Labute approximate surface area is 111 Å². The molecule has 1 aromatic heterocycles. The molecule has 1 aliphatic rings. The number of hydrogen-bond acceptors (Lipinski definition) is 3. The summed E-state index contributed by atoms with van der Waals surface area (Å²) < 4.78 is 1.62. The zero-order valence-corrected chi connectivity index (χ0v) is 10.8. The second kappa shape index (κ2) is 4.76. The van der Waals surface area contributed by atoms with Gasteiger partial charge in [-0.1, -0.05) is 12.1 Å². The van der Waals surface area contributed by atoms with Gasteiger partial charge in [0.05, 0.1) is 11.4 Å². The molecule has 98 valence electrons. The molecule has 0 aliphatic carbocycles. The van der Waals surface area contributed by atoms with E-state index in [9.17, 15) is 4.79 Å². The lowest BCUT2D eigenvalue weighted by Crippen LogP contribution is -2.18. The van der Waals surface area contributed by atoms with Crippen molar-refractivity contribution < 1.29 is 4.79 Å². The van der Waals surface area contributed by atoms with Gasteiger partial charge in [0.25, 0.3) is 5.91 Å². The molecule has 0 spiro atoms. The van der Waals surface area contributed by atoms with Crippen molar-refractivity contribution in [1.29, 1.82) is 0 Å². The third kappa shape index (κ3) is 2.31. The molecule has 0 saturated heterocycles. The molecule has 0 atom stereocenters. The topological polar surface area (TPSA) is 59.0 Å². The molecule has 1 aromatic carbocycles. The first-order valence-electron chi connectivity index (χ1n) is 6.41. The molecule has 19 heavy (non-hydrogen) atoms. The summed E-state index contributed by atoms with van der Waals surface area (Å²) in [6.07, 6.45) is 3.94. The van der Waals surface area contributed by atoms with Gasteiger partial charge in [-0.25, -0.2) is 0 Å². The number of fused-ring (bicyclic) bond motifs is 1. The maximum atomic E-state index is 12.1. The second-order valence-electron chi connectivity index (χ2n) is 4.70. The number of carbonyl (C=O) groups excluding carboxylic acids is 1. The van der Waals surface area contributed by atoms with Crippen LogP contribution >= 0.6 is 0 Å². The van der Waals surface area contributed by atoms with Gasteiger partial charge >= 0.3 is 0 Å². The van der Waals surface area contributed by atoms with Gasteiger partial charge in [-0.05, 0) is 30.5 Å². The van der Waals surface area contributed by atoms with Crippen molar-refractivity contribution in [3.8, 4) is 0 Å². The highest BCUT2D eigenvalue weighted by Gasteiger charge is 2.15. The zero-order valence-electron chi connectivity index (χ0n) is 10.8. The fourth-order valence-electron chi connectivity index (χ4n) is 2.34. The highest BCUT2D eigenvalue weighted by molar-refractivity contribution is 6.04. The van der Waals surface area contributed by atoms with Crippen LogP contribution in [0.5, 0.6) is 0 Å². The average Bonchev–Trinajstić information content (AvgIpc) is 2.86. The Morgan fingerprint density at radius 3 is 3.11 bits per heavy atom. The molecule has 2 N–H and O–H groups in total. The summed E-state index contributed by atoms with van der Waals surface area (Å²) >= 11 is 0. The highest BCUT2D eigenvalue weighted by Crippen LogP contribution is 2.30. The standard InChI is InChI=1S/C14H16N4O/c1-18-9-7-12(17-18)14(19)16-11-6-2-4-10-5-3-8-15-13(10)11/h2,4,6-7,9,15H,3,5,8H2,1H3,(H,16,19). The highest BCUT2D eigenvalue weighted by atomic mass is 16.1. The van der Waals surface area contributed by atoms with Crippen molar-refractivity contribution >= 4 is 17.3 Å². The zero-order chi connectivity index (χ0) is 13.2. The summed E-state index contributed by atoms with van der Waals surface area (Å²) in [6.45, 7) is 0.948. The fourth-order valence-corrected chi connectivity index (χ4v) is 2.34. The minimum atomic E-state index is -0.179. The normalized spacial score (nSPS) is 13.5. The Balaban J connectivity index is 1.85. The van der Waals surface area contributed by atoms with Crippen LogP contribution in [0.25, 0.3) is 0 Å². The van der Waals surface area contributed by atoms with E-state index in [-0.39, 0.29) is 5.91 Å². The molecule has 0 unspecified atom stereocenters. The van der Waals surface area contributed by atoms with Gasteiger partial charge in [0.15, 0.2) is 5.69 Å². The lowest BCUT2D eigenvalue weighted by atomic mass is 10.0. The molecule has 0 radical (unpaired) electrons. The van der Waals surface area contributed by atoms with Crippen molar-refractivity contribution in [1.82, 2.24) is 9.78 Å². The smallest absolute Gasteiger partial charge is 0.276 e. The first-order chi connectivity index (χ1) is 9.24. The van der Waals surface area contributed by atoms with E-state index in [4.69, 9.17) is 0 Å². The van der Waals surface area contributed by atoms with Gasteiger partial charge in [0, 0.05) is 19.8 Å². The van der Waals surface area contributed by atoms with E-state index in [1.54, 1.807) is 24.0 Å². The average molecular weight is 256 g/mol. The molecule has 2 heterocycles. The third-order valence-electron chi connectivity index (χ3n) is 3.27. The Morgan fingerprint density at radius 2 is 2.32 bits per heavy atom. The van der Waals surface area contributed by atoms with E-state index < -0.39 is 0 Å². The number of aromatic nitrogens is 2. The van der Waals surface area contributed by atoms with Crippen molar-refractivity contribution in [2.75, 3.05) is 17.2 Å². The largest absolute Gasteiger partial charge is 0.383 e. The van der Waals surface area contributed by atoms with E-state index in [0.29, 0.717) is 5.69 Å². The summed E-state index contributed by atoms with van der Waals surface area (Å²) in [7, 11) is 1.79. The Kier molecular flexibility index (Phi) is 2.95. The van der Waals surface area contributed by atoms with Crippen LogP contribution in [0.2, 0.25) is 0 Å². The van der Waals surface area contributed by atoms with Gasteiger partial charge in [0.1, 0.15) is 0 Å². The summed E-state index contributed by atoms with van der Waals surface area (Å²) in [6, 6.07) is 7.69.